The van der Waals surface area contributed by atoms with Gasteiger partial charge in [-0.05, 0) is 18.1 Å². The molecule has 6 heteroatoms. The predicted molar refractivity (Wildman–Crippen MR) is 61.6 cm³/mol. The van der Waals surface area contributed by atoms with Crippen molar-refractivity contribution in [3.05, 3.63) is 28.8 Å². The molecule has 0 aromatic heterocycles. The number of hydrogen-bond acceptors (Lipinski definition) is 3. The summed E-state index contributed by atoms with van der Waals surface area (Å²) >= 11 is 3.19. The summed E-state index contributed by atoms with van der Waals surface area (Å²) in [5.74, 6) is 0. The standard InChI is InChI=1S/C9H7BrClNO2S/c1-6-2-3-7(4-10)8(5-12)9(6)15(11,13)14/h2-3H,4H2,1H3. The molecule has 0 heterocycles. The van der Waals surface area contributed by atoms with Gasteiger partial charge in [-0.15, -0.1) is 0 Å². The summed E-state index contributed by atoms with van der Waals surface area (Å²) in [6, 6.07) is 5.20. The van der Waals surface area contributed by atoms with Gasteiger partial charge in [-0.2, -0.15) is 5.26 Å². The van der Waals surface area contributed by atoms with Crippen LogP contribution in [-0.4, -0.2) is 8.42 Å². The Kier molecular flexibility index (Phi) is 3.77. The Bertz CT molecular complexity index is 534. The van der Waals surface area contributed by atoms with E-state index in [1.165, 1.54) is 0 Å². The minimum Gasteiger partial charge on any atom is -0.207 e. The molecular formula is C9H7BrClNO2S. The van der Waals surface area contributed by atoms with Crippen molar-refractivity contribution in [3.8, 4) is 6.07 Å². The minimum atomic E-state index is -3.88. The molecule has 0 atom stereocenters. The van der Waals surface area contributed by atoms with Crippen molar-refractivity contribution in [2.45, 2.75) is 17.1 Å². The average molecular weight is 309 g/mol. The molecule has 0 saturated carbocycles. The summed E-state index contributed by atoms with van der Waals surface area (Å²) in [6.07, 6.45) is 0. The van der Waals surface area contributed by atoms with Crippen LogP contribution in [0.1, 0.15) is 16.7 Å². The van der Waals surface area contributed by atoms with Gasteiger partial charge in [0.05, 0.1) is 5.56 Å². The summed E-state index contributed by atoms with van der Waals surface area (Å²) in [4.78, 5) is -0.0939. The second-order valence-corrected chi connectivity index (χ2v) is 5.99. The van der Waals surface area contributed by atoms with Crippen molar-refractivity contribution >= 4 is 35.7 Å². The lowest BCUT2D eigenvalue weighted by Crippen LogP contribution is -2.01. The first-order valence-corrected chi connectivity index (χ1v) is 7.38. The van der Waals surface area contributed by atoms with E-state index in [-0.39, 0.29) is 10.5 Å². The van der Waals surface area contributed by atoms with Crippen LogP contribution in [0.15, 0.2) is 17.0 Å². The second-order valence-electron chi connectivity index (χ2n) is 2.93. The normalized spacial score (nSPS) is 11.1. The third-order valence-corrected chi connectivity index (χ3v) is 4.02. The number of halogens is 2. The van der Waals surface area contributed by atoms with E-state index in [1.54, 1.807) is 19.1 Å². The fourth-order valence-corrected chi connectivity index (χ4v) is 3.21. The molecule has 1 rings (SSSR count). The Balaban J connectivity index is 3.71. The van der Waals surface area contributed by atoms with Crippen molar-refractivity contribution in [1.29, 1.82) is 5.26 Å². The molecule has 0 N–H and O–H groups in total. The third kappa shape index (κ3) is 2.51. The molecule has 1 aromatic carbocycles. The highest BCUT2D eigenvalue weighted by atomic mass is 79.9. The Labute approximate surface area is 101 Å². The molecule has 0 spiro atoms. The zero-order valence-corrected chi connectivity index (χ0v) is 10.9. The van der Waals surface area contributed by atoms with E-state index in [2.05, 4.69) is 15.9 Å². The highest BCUT2D eigenvalue weighted by molar-refractivity contribution is 9.08. The second kappa shape index (κ2) is 4.52. The van der Waals surface area contributed by atoms with Gasteiger partial charge in [0.2, 0.25) is 0 Å². The first-order chi connectivity index (χ1) is 6.91. The Morgan fingerprint density at radius 1 is 1.53 bits per heavy atom. The maximum Gasteiger partial charge on any atom is 0.262 e. The van der Waals surface area contributed by atoms with Crippen LogP contribution >= 0.6 is 26.6 Å². The van der Waals surface area contributed by atoms with Gasteiger partial charge in [0.15, 0.2) is 0 Å². The van der Waals surface area contributed by atoms with Crippen LogP contribution in [0.25, 0.3) is 0 Å². The van der Waals surface area contributed by atoms with Crippen LogP contribution in [-0.2, 0) is 14.4 Å². The molecule has 0 aliphatic rings. The topological polar surface area (TPSA) is 57.9 Å². The number of hydrogen-bond donors (Lipinski definition) is 0. The van der Waals surface area contributed by atoms with Crippen molar-refractivity contribution in [2.24, 2.45) is 0 Å². The van der Waals surface area contributed by atoms with E-state index in [0.29, 0.717) is 16.5 Å². The van der Waals surface area contributed by atoms with Crippen LogP contribution < -0.4 is 0 Å². The average Bonchev–Trinajstić information content (AvgIpc) is 2.15. The zero-order chi connectivity index (χ0) is 11.6. The molecule has 1 aromatic rings. The van der Waals surface area contributed by atoms with Crippen molar-refractivity contribution in [3.63, 3.8) is 0 Å². The fourth-order valence-electron chi connectivity index (χ4n) is 1.28. The highest BCUT2D eigenvalue weighted by Crippen LogP contribution is 2.27. The molecule has 15 heavy (non-hydrogen) atoms. The van der Waals surface area contributed by atoms with Crippen molar-refractivity contribution in [2.75, 3.05) is 0 Å². The number of aryl methyl sites for hydroxylation is 1. The first-order valence-electron chi connectivity index (χ1n) is 3.95. The largest absolute Gasteiger partial charge is 0.262 e. The molecule has 0 amide bonds. The monoisotopic (exact) mass is 307 g/mol. The number of nitrogens with zero attached hydrogens (tertiary/aromatic N) is 1. The molecule has 0 aliphatic heterocycles. The molecule has 0 unspecified atom stereocenters. The van der Waals surface area contributed by atoms with E-state index in [0.717, 1.165) is 0 Å². The lowest BCUT2D eigenvalue weighted by Gasteiger charge is -2.07. The smallest absolute Gasteiger partial charge is 0.207 e. The predicted octanol–water partition coefficient (Wildman–Crippen LogP) is 2.69. The molecule has 80 valence electrons. The highest BCUT2D eigenvalue weighted by Gasteiger charge is 2.20. The van der Waals surface area contributed by atoms with Gasteiger partial charge in [0.1, 0.15) is 11.0 Å². The number of rotatable bonds is 2. The lowest BCUT2D eigenvalue weighted by atomic mass is 10.1. The number of nitriles is 1. The fraction of sp³-hybridized carbons (Fsp3) is 0.222. The maximum atomic E-state index is 11.3. The van der Waals surface area contributed by atoms with Gasteiger partial charge in [-0.1, -0.05) is 28.1 Å². The minimum absolute atomic E-state index is 0.0939. The lowest BCUT2D eigenvalue weighted by molar-refractivity contribution is 0.608. The SMILES string of the molecule is Cc1ccc(CBr)c(C#N)c1S(=O)(=O)Cl. The van der Waals surface area contributed by atoms with E-state index in [9.17, 15) is 8.42 Å². The van der Waals surface area contributed by atoms with Gasteiger partial charge in [0, 0.05) is 16.0 Å². The summed E-state index contributed by atoms with van der Waals surface area (Å²) in [5.41, 5.74) is 1.20. The van der Waals surface area contributed by atoms with E-state index in [4.69, 9.17) is 15.9 Å². The molecule has 0 saturated heterocycles. The maximum absolute atomic E-state index is 11.3. The van der Waals surface area contributed by atoms with E-state index in [1.807, 2.05) is 6.07 Å². The zero-order valence-electron chi connectivity index (χ0n) is 7.79. The van der Waals surface area contributed by atoms with Gasteiger partial charge in [-0.3, -0.25) is 0 Å². The van der Waals surface area contributed by atoms with E-state index >= 15 is 0 Å². The van der Waals surface area contributed by atoms with Gasteiger partial charge >= 0.3 is 0 Å². The van der Waals surface area contributed by atoms with Crippen molar-refractivity contribution in [1.82, 2.24) is 0 Å². The Morgan fingerprint density at radius 3 is 2.53 bits per heavy atom. The Hall–Kier alpha value is -0.570. The van der Waals surface area contributed by atoms with Crippen molar-refractivity contribution < 1.29 is 8.42 Å². The van der Waals surface area contributed by atoms with Crippen LogP contribution in [0, 0.1) is 18.3 Å². The quantitative estimate of drug-likeness (QED) is 0.623. The number of benzene rings is 1. The van der Waals surface area contributed by atoms with Gasteiger partial charge in [-0.25, -0.2) is 8.42 Å². The summed E-state index contributed by atoms with van der Waals surface area (Å²) in [5, 5.41) is 9.34. The molecule has 0 bridgehead atoms. The van der Waals surface area contributed by atoms with Crippen LogP contribution in [0.5, 0.6) is 0 Å². The molecular weight excluding hydrogens is 302 g/mol. The molecule has 0 aliphatic carbocycles. The summed E-state index contributed by atoms with van der Waals surface area (Å²) in [7, 11) is 1.40. The summed E-state index contributed by atoms with van der Waals surface area (Å²) < 4.78 is 22.6. The van der Waals surface area contributed by atoms with Gasteiger partial charge < -0.3 is 0 Å². The van der Waals surface area contributed by atoms with E-state index < -0.39 is 9.05 Å². The molecule has 0 radical (unpaired) electrons. The number of alkyl halides is 1. The molecule has 0 fully saturated rings. The van der Waals surface area contributed by atoms with Crippen LogP contribution in [0.4, 0.5) is 0 Å². The summed E-state index contributed by atoms with van der Waals surface area (Å²) in [6.45, 7) is 1.61. The Morgan fingerprint density at radius 2 is 2.13 bits per heavy atom. The third-order valence-electron chi connectivity index (χ3n) is 1.94. The van der Waals surface area contributed by atoms with Crippen LogP contribution in [0.2, 0.25) is 0 Å². The van der Waals surface area contributed by atoms with Gasteiger partial charge in [0.25, 0.3) is 9.05 Å². The molecule has 3 nitrogen and oxygen atoms in total. The first kappa shape index (κ1) is 12.5. The van der Waals surface area contributed by atoms with Crippen LogP contribution in [0.3, 0.4) is 0 Å².